The number of ether oxygens (including phenoxy) is 2. The number of aliphatic hydroxyl groups is 2. The van der Waals surface area contributed by atoms with E-state index in [1.807, 2.05) is 0 Å². The van der Waals surface area contributed by atoms with Crippen molar-refractivity contribution in [2.45, 2.75) is 12.2 Å². The lowest BCUT2D eigenvalue weighted by Gasteiger charge is -2.17. The number of hydrogen-bond acceptors (Lipinski definition) is 6. The van der Waals surface area contributed by atoms with E-state index < -0.39 is 37.4 Å². The van der Waals surface area contributed by atoms with Crippen molar-refractivity contribution in [1.82, 2.24) is 0 Å². The molecular weight excluding hydrogens is 312 g/mol. The van der Waals surface area contributed by atoms with Crippen LogP contribution in [-0.4, -0.2) is 47.6 Å². The third-order valence-electron chi connectivity index (χ3n) is 3.23. The Morgan fingerprint density at radius 1 is 0.708 bits per heavy atom. The lowest BCUT2D eigenvalue weighted by atomic mass is 10.2. The maximum Gasteiger partial charge on any atom is 0.338 e. The quantitative estimate of drug-likeness (QED) is 0.746. The van der Waals surface area contributed by atoms with E-state index in [9.17, 15) is 19.8 Å². The van der Waals surface area contributed by atoms with Gasteiger partial charge in [0, 0.05) is 0 Å². The van der Waals surface area contributed by atoms with Gasteiger partial charge in [0.25, 0.3) is 0 Å². The van der Waals surface area contributed by atoms with Gasteiger partial charge >= 0.3 is 11.9 Å². The van der Waals surface area contributed by atoms with Gasteiger partial charge in [-0.05, 0) is 24.3 Å². The first-order chi connectivity index (χ1) is 11.6. The predicted octanol–water partition coefficient (Wildman–Crippen LogP) is 1.42. The summed E-state index contributed by atoms with van der Waals surface area (Å²) < 4.78 is 9.83. The zero-order valence-corrected chi connectivity index (χ0v) is 12.9. The fourth-order valence-electron chi connectivity index (χ4n) is 1.86. The first kappa shape index (κ1) is 17.7. The van der Waals surface area contributed by atoms with Crippen molar-refractivity contribution < 1.29 is 29.3 Å². The molecule has 0 aliphatic carbocycles. The van der Waals surface area contributed by atoms with Gasteiger partial charge in [-0.25, -0.2) is 9.59 Å². The molecule has 2 atom stereocenters. The highest BCUT2D eigenvalue weighted by Gasteiger charge is 2.21. The summed E-state index contributed by atoms with van der Waals surface area (Å²) >= 11 is 0. The Labute approximate surface area is 139 Å². The number of hydrogen-bond donors (Lipinski definition) is 2. The summed E-state index contributed by atoms with van der Waals surface area (Å²) in [5, 5.41) is 19.6. The first-order valence-electron chi connectivity index (χ1n) is 7.38. The fraction of sp³-hybridized carbons (Fsp3) is 0.222. The SMILES string of the molecule is O=C(OC[C@@H](O)[C@H](O)COC(=O)c1ccccc1)c1ccccc1. The fourth-order valence-corrected chi connectivity index (χ4v) is 1.86. The molecule has 2 rings (SSSR count). The molecule has 0 unspecified atom stereocenters. The topological polar surface area (TPSA) is 93.1 Å². The van der Waals surface area contributed by atoms with Crippen LogP contribution in [0.15, 0.2) is 60.7 Å². The summed E-state index contributed by atoms with van der Waals surface area (Å²) in [5.74, 6) is -1.22. The van der Waals surface area contributed by atoms with Gasteiger partial charge < -0.3 is 19.7 Å². The van der Waals surface area contributed by atoms with E-state index in [1.54, 1.807) is 60.7 Å². The summed E-state index contributed by atoms with van der Waals surface area (Å²) in [5.41, 5.74) is 0.685. The molecule has 0 amide bonds. The van der Waals surface area contributed by atoms with Crippen LogP contribution in [0, 0.1) is 0 Å². The molecule has 0 bridgehead atoms. The van der Waals surface area contributed by atoms with Crippen molar-refractivity contribution in [1.29, 1.82) is 0 Å². The first-order valence-corrected chi connectivity index (χ1v) is 7.38. The molecule has 0 radical (unpaired) electrons. The van der Waals surface area contributed by atoms with Crippen LogP contribution in [-0.2, 0) is 9.47 Å². The van der Waals surface area contributed by atoms with Crippen LogP contribution < -0.4 is 0 Å². The molecule has 0 aliphatic rings. The summed E-state index contributed by atoms with van der Waals surface area (Å²) in [6, 6.07) is 16.6. The Bertz CT molecular complexity index is 596. The molecule has 126 valence electrons. The summed E-state index contributed by atoms with van der Waals surface area (Å²) in [7, 11) is 0. The van der Waals surface area contributed by atoms with Crippen LogP contribution in [0.2, 0.25) is 0 Å². The maximum absolute atomic E-state index is 11.7. The minimum Gasteiger partial charge on any atom is -0.459 e. The second-order valence-electron chi connectivity index (χ2n) is 5.06. The molecule has 0 fully saturated rings. The van der Waals surface area contributed by atoms with E-state index in [2.05, 4.69) is 0 Å². The van der Waals surface area contributed by atoms with Crippen molar-refractivity contribution in [3.05, 3.63) is 71.8 Å². The van der Waals surface area contributed by atoms with E-state index in [1.165, 1.54) is 0 Å². The van der Waals surface area contributed by atoms with E-state index in [0.717, 1.165) is 0 Å². The van der Waals surface area contributed by atoms with E-state index >= 15 is 0 Å². The summed E-state index contributed by atoms with van der Waals surface area (Å²) in [6.07, 6.45) is -2.72. The van der Waals surface area contributed by atoms with Crippen LogP contribution >= 0.6 is 0 Å². The molecule has 2 aromatic rings. The monoisotopic (exact) mass is 330 g/mol. The Morgan fingerprint density at radius 3 is 1.38 bits per heavy atom. The molecule has 0 saturated carbocycles. The van der Waals surface area contributed by atoms with E-state index in [-0.39, 0.29) is 0 Å². The smallest absolute Gasteiger partial charge is 0.338 e. The molecule has 0 spiro atoms. The van der Waals surface area contributed by atoms with Crippen LogP contribution in [0.25, 0.3) is 0 Å². The summed E-state index contributed by atoms with van der Waals surface area (Å²) in [4.78, 5) is 23.4. The second kappa shape index (κ2) is 8.81. The highest BCUT2D eigenvalue weighted by Crippen LogP contribution is 2.05. The van der Waals surface area contributed by atoms with Gasteiger partial charge in [-0.15, -0.1) is 0 Å². The zero-order valence-electron chi connectivity index (χ0n) is 12.9. The van der Waals surface area contributed by atoms with Crippen LogP contribution in [0.3, 0.4) is 0 Å². The Morgan fingerprint density at radius 2 is 1.04 bits per heavy atom. The van der Waals surface area contributed by atoms with Gasteiger partial charge in [0.15, 0.2) is 0 Å². The Kier molecular flexibility index (Phi) is 6.48. The van der Waals surface area contributed by atoms with E-state index in [4.69, 9.17) is 9.47 Å². The van der Waals surface area contributed by atoms with Gasteiger partial charge in [0.1, 0.15) is 25.4 Å². The third kappa shape index (κ3) is 5.19. The largest absolute Gasteiger partial charge is 0.459 e. The average molecular weight is 330 g/mol. The third-order valence-corrected chi connectivity index (χ3v) is 3.23. The maximum atomic E-state index is 11.7. The zero-order chi connectivity index (χ0) is 17.4. The predicted molar refractivity (Wildman–Crippen MR) is 85.5 cm³/mol. The lowest BCUT2D eigenvalue weighted by Crippen LogP contribution is -2.35. The highest BCUT2D eigenvalue weighted by molar-refractivity contribution is 5.89. The Hall–Kier alpha value is -2.70. The van der Waals surface area contributed by atoms with Crippen molar-refractivity contribution in [2.24, 2.45) is 0 Å². The van der Waals surface area contributed by atoms with Crippen LogP contribution in [0.4, 0.5) is 0 Å². The van der Waals surface area contributed by atoms with Gasteiger partial charge in [0.05, 0.1) is 11.1 Å². The molecule has 6 heteroatoms. The molecule has 2 aromatic carbocycles. The average Bonchev–Trinajstić information content (AvgIpc) is 2.64. The molecular formula is C18H18O6. The number of benzene rings is 2. The molecule has 0 aliphatic heterocycles. The number of carbonyl (C=O) groups excluding carboxylic acids is 2. The molecule has 0 heterocycles. The van der Waals surface area contributed by atoms with Crippen LogP contribution in [0.5, 0.6) is 0 Å². The van der Waals surface area contributed by atoms with Gasteiger partial charge in [-0.1, -0.05) is 36.4 Å². The highest BCUT2D eigenvalue weighted by atomic mass is 16.6. The number of rotatable bonds is 7. The van der Waals surface area contributed by atoms with Crippen molar-refractivity contribution in [3.63, 3.8) is 0 Å². The lowest BCUT2D eigenvalue weighted by molar-refractivity contribution is -0.0529. The van der Waals surface area contributed by atoms with E-state index in [0.29, 0.717) is 11.1 Å². The standard InChI is InChI=1S/C18H18O6/c19-15(11-23-17(21)13-7-3-1-4-8-13)16(20)12-24-18(22)14-9-5-2-6-10-14/h1-10,15-16,19-20H,11-12H2/t15-,16-/m1/s1. The summed E-state index contributed by atoms with van der Waals surface area (Å²) in [6.45, 7) is -0.810. The van der Waals surface area contributed by atoms with Crippen molar-refractivity contribution >= 4 is 11.9 Å². The molecule has 2 N–H and O–H groups in total. The Balaban J connectivity index is 1.75. The number of aliphatic hydroxyl groups excluding tert-OH is 2. The second-order valence-corrected chi connectivity index (χ2v) is 5.06. The molecule has 0 aromatic heterocycles. The molecule has 0 saturated heterocycles. The van der Waals surface area contributed by atoms with Crippen LogP contribution in [0.1, 0.15) is 20.7 Å². The van der Waals surface area contributed by atoms with Crippen molar-refractivity contribution in [3.8, 4) is 0 Å². The molecule has 6 nitrogen and oxygen atoms in total. The van der Waals surface area contributed by atoms with Gasteiger partial charge in [-0.2, -0.15) is 0 Å². The normalized spacial score (nSPS) is 12.9. The minimum absolute atomic E-state index is 0.342. The minimum atomic E-state index is -1.36. The number of esters is 2. The van der Waals surface area contributed by atoms with Gasteiger partial charge in [0.2, 0.25) is 0 Å². The van der Waals surface area contributed by atoms with Gasteiger partial charge in [-0.3, -0.25) is 0 Å². The number of carbonyl (C=O) groups is 2. The molecule has 24 heavy (non-hydrogen) atoms. The van der Waals surface area contributed by atoms with Crippen molar-refractivity contribution in [2.75, 3.05) is 13.2 Å².